The maximum atomic E-state index is 12.1. The molecule has 1 heterocycles. The lowest BCUT2D eigenvalue weighted by Crippen LogP contribution is -2.28. The van der Waals surface area contributed by atoms with Gasteiger partial charge in [-0.2, -0.15) is 0 Å². The molecule has 0 unspecified atom stereocenters. The fourth-order valence-corrected chi connectivity index (χ4v) is 2.10. The van der Waals surface area contributed by atoms with Crippen LogP contribution in [0.2, 0.25) is 0 Å². The van der Waals surface area contributed by atoms with E-state index in [1.165, 1.54) is 12.1 Å². The molecule has 17 heavy (non-hydrogen) atoms. The average Bonchev–Trinajstić information content (AvgIpc) is 2.28. The molecule has 5 heteroatoms. The van der Waals surface area contributed by atoms with E-state index in [9.17, 15) is 13.2 Å². The number of hydrogen-bond acceptors (Lipinski definition) is 2. The van der Waals surface area contributed by atoms with Crippen LogP contribution in [0, 0.1) is 0 Å². The molecule has 1 aliphatic rings. The molecule has 2 rings (SSSR count). The standard InChI is InChI=1S/C12H14F3NO/c13-12(14,15)17-11-5-1-3-9(7-11)10-4-2-6-16-8-10/h1,3,5,7,10,16H,2,4,6,8H2/t10-/m0/s1. The van der Waals surface area contributed by atoms with E-state index in [0.717, 1.165) is 31.5 Å². The lowest BCUT2D eigenvalue weighted by Gasteiger charge is -2.23. The second-order valence-electron chi connectivity index (χ2n) is 4.16. The van der Waals surface area contributed by atoms with E-state index in [0.29, 0.717) is 0 Å². The predicted octanol–water partition coefficient (Wildman–Crippen LogP) is 3.05. The van der Waals surface area contributed by atoms with Crippen molar-refractivity contribution in [3.8, 4) is 5.75 Å². The van der Waals surface area contributed by atoms with Crippen molar-refractivity contribution in [3.05, 3.63) is 29.8 Å². The third-order valence-electron chi connectivity index (χ3n) is 2.86. The highest BCUT2D eigenvalue weighted by Gasteiger charge is 2.31. The van der Waals surface area contributed by atoms with Crippen molar-refractivity contribution in [2.45, 2.75) is 25.1 Å². The zero-order valence-corrected chi connectivity index (χ0v) is 9.26. The van der Waals surface area contributed by atoms with Gasteiger partial charge in [0.1, 0.15) is 5.75 Å². The van der Waals surface area contributed by atoms with E-state index in [1.807, 2.05) is 6.07 Å². The van der Waals surface area contributed by atoms with Crippen molar-refractivity contribution in [1.29, 1.82) is 0 Å². The van der Waals surface area contributed by atoms with Crippen molar-refractivity contribution in [2.24, 2.45) is 0 Å². The van der Waals surface area contributed by atoms with Crippen LogP contribution in [-0.4, -0.2) is 19.5 Å². The first kappa shape index (κ1) is 12.2. The molecule has 0 aliphatic carbocycles. The molecule has 0 bridgehead atoms. The molecule has 0 aromatic heterocycles. The van der Waals surface area contributed by atoms with Crippen molar-refractivity contribution in [2.75, 3.05) is 13.1 Å². The van der Waals surface area contributed by atoms with Gasteiger partial charge in [0, 0.05) is 6.54 Å². The second kappa shape index (κ2) is 4.96. The summed E-state index contributed by atoms with van der Waals surface area (Å²) < 4.78 is 40.2. The molecule has 0 radical (unpaired) electrons. The number of alkyl halides is 3. The van der Waals surface area contributed by atoms with Crippen LogP contribution in [0.25, 0.3) is 0 Å². The van der Waals surface area contributed by atoms with Crippen LogP contribution in [0.4, 0.5) is 13.2 Å². The summed E-state index contributed by atoms with van der Waals surface area (Å²) in [7, 11) is 0. The third-order valence-corrected chi connectivity index (χ3v) is 2.86. The molecule has 1 aromatic carbocycles. The Balaban J connectivity index is 2.10. The summed E-state index contributed by atoms with van der Waals surface area (Å²) in [5, 5.41) is 3.24. The number of benzene rings is 1. The highest BCUT2D eigenvalue weighted by Crippen LogP contribution is 2.28. The van der Waals surface area contributed by atoms with E-state index in [4.69, 9.17) is 0 Å². The molecular weight excluding hydrogens is 231 g/mol. The number of halogens is 3. The average molecular weight is 245 g/mol. The Bertz CT molecular complexity index is 372. The molecule has 2 nitrogen and oxygen atoms in total. The fourth-order valence-electron chi connectivity index (χ4n) is 2.10. The highest BCUT2D eigenvalue weighted by atomic mass is 19.4. The summed E-state index contributed by atoms with van der Waals surface area (Å²) >= 11 is 0. The molecule has 0 saturated carbocycles. The Morgan fingerprint density at radius 3 is 2.76 bits per heavy atom. The lowest BCUT2D eigenvalue weighted by molar-refractivity contribution is -0.274. The molecule has 0 amide bonds. The van der Waals surface area contributed by atoms with Crippen molar-refractivity contribution >= 4 is 0 Å². The molecule has 94 valence electrons. The monoisotopic (exact) mass is 245 g/mol. The first-order chi connectivity index (χ1) is 8.04. The number of piperidine rings is 1. The molecule has 1 aromatic rings. The first-order valence-corrected chi connectivity index (χ1v) is 5.61. The SMILES string of the molecule is FC(F)(F)Oc1cccc([C@H]2CCCNC2)c1. The summed E-state index contributed by atoms with van der Waals surface area (Å²) in [5.74, 6) is 0.140. The summed E-state index contributed by atoms with van der Waals surface area (Å²) in [6.07, 6.45) is -2.57. The van der Waals surface area contributed by atoms with Crippen LogP contribution in [0.5, 0.6) is 5.75 Å². The van der Waals surface area contributed by atoms with Crippen molar-refractivity contribution in [3.63, 3.8) is 0 Å². The molecule has 1 N–H and O–H groups in total. The molecule has 1 atom stereocenters. The molecule has 1 fully saturated rings. The highest BCUT2D eigenvalue weighted by molar-refractivity contribution is 5.31. The maximum Gasteiger partial charge on any atom is 0.573 e. The number of ether oxygens (including phenoxy) is 1. The minimum Gasteiger partial charge on any atom is -0.406 e. The van der Waals surface area contributed by atoms with Crippen LogP contribution >= 0.6 is 0 Å². The van der Waals surface area contributed by atoms with Crippen LogP contribution in [0.1, 0.15) is 24.3 Å². The van der Waals surface area contributed by atoms with Gasteiger partial charge in [-0.05, 0) is 43.0 Å². The topological polar surface area (TPSA) is 21.3 Å². The van der Waals surface area contributed by atoms with Gasteiger partial charge in [-0.25, -0.2) is 0 Å². The fraction of sp³-hybridized carbons (Fsp3) is 0.500. The van der Waals surface area contributed by atoms with Gasteiger partial charge in [-0.15, -0.1) is 13.2 Å². The Hall–Kier alpha value is -1.23. The van der Waals surface area contributed by atoms with E-state index < -0.39 is 6.36 Å². The Morgan fingerprint density at radius 1 is 1.29 bits per heavy atom. The minimum absolute atomic E-state index is 0.138. The van der Waals surface area contributed by atoms with E-state index in [1.54, 1.807) is 6.07 Å². The van der Waals surface area contributed by atoms with Gasteiger partial charge in [0.25, 0.3) is 0 Å². The van der Waals surface area contributed by atoms with Crippen LogP contribution in [0.15, 0.2) is 24.3 Å². The van der Waals surface area contributed by atoms with E-state index in [-0.39, 0.29) is 11.7 Å². The Kier molecular flexibility index (Phi) is 3.57. The first-order valence-electron chi connectivity index (χ1n) is 5.61. The third kappa shape index (κ3) is 3.63. The zero-order chi connectivity index (χ0) is 12.3. The smallest absolute Gasteiger partial charge is 0.406 e. The molecule has 1 aliphatic heterocycles. The molecular formula is C12H14F3NO. The summed E-state index contributed by atoms with van der Waals surface area (Å²) in [6, 6.07) is 6.25. The molecule has 0 spiro atoms. The van der Waals surface area contributed by atoms with Gasteiger partial charge in [-0.1, -0.05) is 12.1 Å². The van der Waals surface area contributed by atoms with Gasteiger partial charge in [0.2, 0.25) is 0 Å². The summed E-state index contributed by atoms with van der Waals surface area (Å²) in [5.41, 5.74) is 0.902. The number of nitrogens with one attached hydrogen (secondary N) is 1. The predicted molar refractivity (Wildman–Crippen MR) is 58.0 cm³/mol. The van der Waals surface area contributed by atoms with E-state index in [2.05, 4.69) is 10.1 Å². The summed E-state index contributed by atoms with van der Waals surface area (Å²) in [6.45, 7) is 1.80. The Labute approximate surface area is 97.8 Å². The van der Waals surface area contributed by atoms with Crippen LogP contribution in [0.3, 0.4) is 0 Å². The quantitative estimate of drug-likeness (QED) is 0.864. The molecule has 1 saturated heterocycles. The zero-order valence-electron chi connectivity index (χ0n) is 9.26. The van der Waals surface area contributed by atoms with Crippen molar-refractivity contribution in [1.82, 2.24) is 5.32 Å². The van der Waals surface area contributed by atoms with Gasteiger partial charge < -0.3 is 10.1 Å². The lowest BCUT2D eigenvalue weighted by atomic mass is 9.92. The minimum atomic E-state index is -4.62. The van der Waals surface area contributed by atoms with E-state index >= 15 is 0 Å². The Morgan fingerprint density at radius 2 is 2.12 bits per heavy atom. The van der Waals surface area contributed by atoms with Crippen molar-refractivity contribution < 1.29 is 17.9 Å². The van der Waals surface area contributed by atoms with Gasteiger partial charge in [0.05, 0.1) is 0 Å². The largest absolute Gasteiger partial charge is 0.573 e. The van der Waals surface area contributed by atoms with Crippen LogP contribution in [-0.2, 0) is 0 Å². The van der Waals surface area contributed by atoms with Crippen LogP contribution < -0.4 is 10.1 Å². The second-order valence-corrected chi connectivity index (χ2v) is 4.16. The number of rotatable bonds is 2. The van der Waals surface area contributed by atoms with Gasteiger partial charge in [-0.3, -0.25) is 0 Å². The summed E-state index contributed by atoms with van der Waals surface area (Å²) in [4.78, 5) is 0. The normalized spacial score (nSPS) is 21.2. The van der Waals surface area contributed by atoms with Gasteiger partial charge in [0.15, 0.2) is 0 Å². The van der Waals surface area contributed by atoms with Gasteiger partial charge >= 0.3 is 6.36 Å². The maximum absolute atomic E-state index is 12.1. The number of hydrogen-bond donors (Lipinski definition) is 1.